The van der Waals surface area contributed by atoms with Gasteiger partial charge in [-0.1, -0.05) is 32.1 Å². The van der Waals surface area contributed by atoms with E-state index in [0.717, 1.165) is 11.1 Å². The van der Waals surface area contributed by atoms with E-state index in [1.54, 1.807) is 0 Å². The minimum Gasteiger partial charge on any atom is -0.504 e. The summed E-state index contributed by atoms with van der Waals surface area (Å²) in [5, 5.41) is 29.3. The van der Waals surface area contributed by atoms with Crippen molar-refractivity contribution >= 4 is 0 Å². The molecule has 0 spiro atoms. The average molecular weight is 246 g/mol. The first-order valence-corrected chi connectivity index (χ1v) is 6.06. The van der Waals surface area contributed by atoms with E-state index < -0.39 is 5.76 Å². The Hall–Kier alpha value is -1.90. The van der Waals surface area contributed by atoms with Crippen LogP contribution in [0.25, 0.3) is 0 Å². The molecule has 0 saturated heterocycles. The summed E-state index contributed by atoms with van der Waals surface area (Å²) in [6.45, 7) is 6.11. The highest BCUT2D eigenvalue weighted by Crippen LogP contribution is 2.35. The van der Waals surface area contributed by atoms with E-state index in [0.29, 0.717) is 17.4 Å². The zero-order chi connectivity index (χ0) is 13.4. The Balaban J connectivity index is 2.59. The highest BCUT2D eigenvalue weighted by molar-refractivity contribution is 5.60. The molecule has 3 N–H and O–H groups in total. The number of allylic oxidation sites excluding steroid dienone is 7. The molecular formula is C15H18O3. The van der Waals surface area contributed by atoms with Crippen molar-refractivity contribution in [3.63, 3.8) is 0 Å². The summed E-state index contributed by atoms with van der Waals surface area (Å²) < 4.78 is 0. The fourth-order valence-corrected chi connectivity index (χ4v) is 2.20. The first-order chi connectivity index (χ1) is 8.41. The standard InChI is InChI=1S/C15H18O3/c1-8(2)10-4-5-11-12(7-10)9(3)6-13(16)15(18)14(11)17/h4-8,10,16-18H,1-3H3/t10-/m0/s1. The third-order valence-corrected chi connectivity index (χ3v) is 3.40. The van der Waals surface area contributed by atoms with E-state index in [-0.39, 0.29) is 11.5 Å². The smallest absolute Gasteiger partial charge is 0.200 e. The molecule has 96 valence electrons. The zero-order valence-electron chi connectivity index (χ0n) is 10.8. The maximum Gasteiger partial charge on any atom is 0.200 e. The van der Waals surface area contributed by atoms with Crippen molar-refractivity contribution in [2.24, 2.45) is 11.8 Å². The number of hydrogen-bond donors (Lipinski definition) is 3. The van der Waals surface area contributed by atoms with Crippen molar-refractivity contribution < 1.29 is 15.3 Å². The molecule has 0 unspecified atom stereocenters. The lowest BCUT2D eigenvalue weighted by atomic mass is 9.84. The molecule has 2 aliphatic carbocycles. The predicted molar refractivity (Wildman–Crippen MR) is 71.2 cm³/mol. The molecule has 1 atom stereocenters. The number of aliphatic hydroxyl groups is 3. The molecule has 0 aliphatic heterocycles. The molecule has 0 radical (unpaired) electrons. The molecule has 0 fully saturated rings. The van der Waals surface area contributed by atoms with Gasteiger partial charge < -0.3 is 15.3 Å². The maximum atomic E-state index is 9.95. The number of fused-ring (bicyclic) bond motifs is 1. The third kappa shape index (κ3) is 1.96. The maximum absolute atomic E-state index is 9.95. The molecule has 0 amide bonds. The van der Waals surface area contributed by atoms with Crippen LogP contribution in [0, 0.1) is 11.8 Å². The van der Waals surface area contributed by atoms with Crippen LogP contribution in [-0.2, 0) is 0 Å². The molecule has 2 rings (SSSR count). The Morgan fingerprint density at radius 3 is 2.39 bits per heavy atom. The van der Waals surface area contributed by atoms with Crippen molar-refractivity contribution in [1.82, 2.24) is 0 Å². The van der Waals surface area contributed by atoms with Crippen LogP contribution in [0.3, 0.4) is 0 Å². The van der Waals surface area contributed by atoms with Crippen molar-refractivity contribution in [3.05, 3.63) is 58.3 Å². The number of hydrogen-bond acceptors (Lipinski definition) is 3. The summed E-state index contributed by atoms with van der Waals surface area (Å²) in [5.74, 6) is -0.293. The fourth-order valence-electron chi connectivity index (χ4n) is 2.20. The Kier molecular flexibility index (Phi) is 3.07. The highest BCUT2D eigenvalue weighted by atomic mass is 16.3. The first kappa shape index (κ1) is 12.6. The SMILES string of the molecule is CC1=CC(O)=C(O)C(O)=C2C=C[C@H](C(C)C)C=C12. The van der Waals surface area contributed by atoms with Gasteiger partial charge in [0.25, 0.3) is 0 Å². The van der Waals surface area contributed by atoms with Crippen LogP contribution in [0.1, 0.15) is 20.8 Å². The Morgan fingerprint density at radius 1 is 1.11 bits per heavy atom. The summed E-state index contributed by atoms with van der Waals surface area (Å²) in [6.07, 6.45) is 7.35. The van der Waals surface area contributed by atoms with Gasteiger partial charge in [0, 0.05) is 5.57 Å². The minimum absolute atomic E-state index is 0.273. The average Bonchev–Trinajstić information content (AvgIpc) is 2.42. The molecule has 0 aromatic rings. The monoisotopic (exact) mass is 246 g/mol. The van der Waals surface area contributed by atoms with Crippen LogP contribution in [0.15, 0.2) is 58.3 Å². The summed E-state index contributed by atoms with van der Waals surface area (Å²) in [4.78, 5) is 0. The second kappa shape index (κ2) is 4.41. The van der Waals surface area contributed by atoms with Crippen LogP contribution >= 0.6 is 0 Å². The van der Waals surface area contributed by atoms with Crippen LogP contribution in [0.4, 0.5) is 0 Å². The summed E-state index contributed by atoms with van der Waals surface area (Å²) in [6, 6.07) is 0. The van der Waals surface area contributed by atoms with Crippen molar-refractivity contribution in [1.29, 1.82) is 0 Å². The second-order valence-corrected chi connectivity index (χ2v) is 5.08. The summed E-state index contributed by atoms with van der Waals surface area (Å²) in [5.41, 5.74) is 2.25. The second-order valence-electron chi connectivity index (χ2n) is 5.08. The molecule has 18 heavy (non-hydrogen) atoms. The topological polar surface area (TPSA) is 60.7 Å². The van der Waals surface area contributed by atoms with Gasteiger partial charge in [-0.3, -0.25) is 0 Å². The van der Waals surface area contributed by atoms with Gasteiger partial charge >= 0.3 is 0 Å². The van der Waals surface area contributed by atoms with Crippen LogP contribution < -0.4 is 0 Å². The lowest BCUT2D eigenvalue weighted by molar-refractivity contribution is 0.290. The predicted octanol–water partition coefficient (Wildman–Crippen LogP) is 3.85. The van der Waals surface area contributed by atoms with E-state index in [9.17, 15) is 15.3 Å². The summed E-state index contributed by atoms with van der Waals surface area (Å²) in [7, 11) is 0. The Labute approximate surface area is 107 Å². The molecule has 3 heteroatoms. The van der Waals surface area contributed by atoms with Gasteiger partial charge in [0.15, 0.2) is 11.5 Å². The fraction of sp³-hybridized carbons (Fsp3) is 0.333. The van der Waals surface area contributed by atoms with E-state index in [1.165, 1.54) is 6.08 Å². The summed E-state index contributed by atoms with van der Waals surface area (Å²) >= 11 is 0. The van der Waals surface area contributed by atoms with Crippen molar-refractivity contribution in [2.45, 2.75) is 20.8 Å². The van der Waals surface area contributed by atoms with E-state index in [4.69, 9.17) is 0 Å². The van der Waals surface area contributed by atoms with Crippen molar-refractivity contribution in [2.75, 3.05) is 0 Å². The first-order valence-electron chi connectivity index (χ1n) is 6.06. The van der Waals surface area contributed by atoms with Crippen LogP contribution in [0.5, 0.6) is 0 Å². The quantitative estimate of drug-likeness (QED) is 0.658. The number of aliphatic hydroxyl groups excluding tert-OH is 3. The van der Waals surface area contributed by atoms with E-state index in [1.807, 2.05) is 19.1 Å². The van der Waals surface area contributed by atoms with Crippen LogP contribution in [0.2, 0.25) is 0 Å². The zero-order valence-corrected chi connectivity index (χ0v) is 10.8. The van der Waals surface area contributed by atoms with Crippen molar-refractivity contribution in [3.8, 4) is 0 Å². The van der Waals surface area contributed by atoms with Gasteiger partial charge in [-0.15, -0.1) is 0 Å². The molecule has 2 aliphatic rings. The molecule has 0 aromatic heterocycles. The largest absolute Gasteiger partial charge is 0.504 e. The normalized spacial score (nSPS) is 23.9. The molecule has 0 heterocycles. The Bertz CT molecular complexity index is 528. The lowest BCUT2D eigenvalue weighted by Crippen LogP contribution is -2.09. The van der Waals surface area contributed by atoms with E-state index in [2.05, 4.69) is 19.9 Å². The van der Waals surface area contributed by atoms with Crippen LogP contribution in [-0.4, -0.2) is 15.3 Å². The molecule has 0 aromatic carbocycles. The van der Waals surface area contributed by atoms with E-state index >= 15 is 0 Å². The molecule has 3 nitrogen and oxygen atoms in total. The third-order valence-electron chi connectivity index (χ3n) is 3.40. The van der Waals surface area contributed by atoms with Gasteiger partial charge in [0.2, 0.25) is 5.76 Å². The minimum atomic E-state index is -0.472. The van der Waals surface area contributed by atoms with Gasteiger partial charge in [0.1, 0.15) is 0 Å². The lowest BCUT2D eigenvalue weighted by Gasteiger charge is -2.21. The van der Waals surface area contributed by atoms with Gasteiger partial charge in [-0.25, -0.2) is 0 Å². The van der Waals surface area contributed by atoms with Gasteiger partial charge in [-0.05, 0) is 36.0 Å². The molecule has 0 bridgehead atoms. The number of rotatable bonds is 1. The van der Waals surface area contributed by atoms with Gasteiger partial charge in [0.05, 0.1) is 0 Å². The molecule has 0 saturated carbocycles. The van der Waals surface area contributed by atoms with Gasteiger partial charge in [-0.2, -0.15) is 0 Å². The highest BCUT2D eigenvalue weighted by Gasteiger charge is 2.24. The Morgan fingerprint density at radius 2 is 1.78 bits per heavy atom. The molecular weight excluding hydrogens is 228 g/mol.